The van der Waals surface area contributed by atoms with Gasteiger partial charge in [-0.3, -0.25) is 0 Å². The van der Waals surface area contributed by atoms with Crippen LogP contribution in [0.3, 0.4) is 0 Å². The van der Waals surface area contributed by atoms with Crippen LogP contribution in [-0.2, 0) is 15.4 Å². The van der Waals surface area contributed by atoms with Crippen molar-refractivity contribution in [3.05, 3.63) is 58.7 Å². The van der Waals surface area contributed by atoms with Gasteiger partial charge in [0.1, 0.15) is 61.0 Å². The van der Waals surface area contributed by atoms with E-state index < -0.39 is 80.2 Å². The first-order valence-electron chi connectivity index (χ1n) is 12.8. The van der Waals surface area contributed by atoms with E-state index in [1.807, 2.05) is 0 Å². The van der Waals surface area contributed by atoms with Crippen molar-refractivity contribution in [3.63, 3.8) is 0 Å². The highest BCUT2D eigenvalue weighted by molar-refractivity contribution is 5.80. The summed E-state index contributed by atoms with van der Waals surface area (Å²) in [5.74, 6) is 7.01. The van der Waals surface area contributed by atoms with Crippen molar-refractivity contribution in [2.45, 2.75) is 67.0 Å². The number of ether oxygens (including phenoxy) is 2. The molecule has 218 valence electrons. The Labute approximate surface area is 233 Å². The van der Waals surface area contributed by atoms with E-state index in [9.17, 15) is 40.9 Å². The lowest BCUT2D eigenvalue weighted by Crippen LogP contribution is -2.58. The van der Waals surface area contributed by atoms with E-state index in [0.717, 1.165) is 0 Å². The van der Waals surface area contributed by atoms with Crippen LogP contribution in [0.2, 0.25) is 0 Å². The fourth-order valence-electron chi connectivity index (χ4n) is 5.13. The molecule has 12 heteroatoms. The topological polar surface area (TPSA) is 180 Å². The van der Waals surface area contributed by atoms with Crippen molar-refractivity contribution in [3.8, 4) is 34.8 Å². The third-order valence-electron chi connectivity index (χ3n) is 7.51. The fraction of sp³-hybridized carbons (Fsp3) is 0.448. The van der Waals surface area contributed by atoms with Gasteiger partial charge in [-0.1, -0.05) is 35.8 Å². The second kappa shape index (κ2) is 11.4. The standard InChI is InChI=1S/C29H28F2O10/c30-29(31)17-9-13(3-7-19-23(34)27(38)25(36)21(11-32)40-19)1-5-15(17)16-6-2-14(10-18(16)29)4-8-20-24(35)28(39)26(37)22(12-33)41-20/h1-2,5-6,9-10,19-28,32-39H,11-12H2/t19-,20-,21-,22?,23-,24?,25-,26-,27-,28-/m1/s1. The molecule has 2 fully saturated rings. The number of benzene rings is 2. The monoisotopic (exact) mass is 574 g/mol. The maximum atomic E-state index is 15.6. The van der Waals surface area contributed by atoms with E-state index in [1.54, 1.807) is 0 Å². The Morgan fingerprint density at radius 1 is 0.610 bits per heavy atom. The third-order valence-corrected chi connectivity index (χ3v) is 7.51. The van der Waals surface area contributed by atoms with Gasteiger partial charge >= 0.3 is 0 Å². The van der Waals surface area contributed by atoms with E-state index >= 15 is 8.78 Å². The van der Waals surface area contributed by atoms with Gasteiger partial charge in [0, 0.05) is 22.3 Å². The lowest BCUT2D eigenvalue weighted by molar-refractivity contribution is -0.214. The smallest absolute Gasteiger partial charge is 0.299 e. The first kappa shape index (κ1) is 29.5. The van der Waals surface area contributed by atoms with Crippen LogP contribution in [0.4, 0.5) is 8.78 Å². The molecule has 0 aromatic heterocycles. The predicted molar refractivity (Wildman–Crippen MR) is 136 cm³/mol. The molecule has 2 unspecified atom stereocenters. The average molecular weight is 575 g/mol. The second-order valence-electron chi connectivity index (χ2n) is 10.1. The quantitative estimate of drug-likeness (QED) is 0.191. The Bertz CT molecular complexity index is 1320. The van der Waals surface area contributed by atoms with Crippen molar-refractivity contribution in [1.29, 1.82) is 0 Å². The van der Waals surface area contributed by atoms with Crippen LogP contribution in [0.5, 0.6) is 0 Å². The van der Waals surface area contributed by atoms with Gasteiger partial charge in [-0.15, -0.1) is 0 Å². The molecule has 2 aliphatic heterocycles. The summed E-state index contributed by atoms with van der Waals surface area (Å²) in [4.78, 5) is 0. The van der Waals surface area contributed by atoms with Gasteiger partial charge in [0.15, 0.2) is 0 Å². The largest absolute Gasteiger partial charge is 0.394 e. The minimum absolute atomic E-state index is 0.177. The molecular formula is C29H28F2O10. The lowest BCUT2D eigenvalue weighted by Gasteiger charge is -2.37. The van der Waals surface area contributed by atoms with Crippen LogP contribution in [-0.4, -0.2) is 115 Å². The van der Waals surface area contributed by atoms with Gasteiger partial charge in [-0.2, -0.15) is 8.78 Å². The van der Waals surface area contributed by atoms with E-state index in [4.69, 9.17) is 9.47 Å². The van der Waals surface area contributed by atoms with Gasteiger partial charge in [0.05, 0.1) is 13.2 Å². The molecule has 41 heavy (non-hydrogen) atoms. The number of hydrogen-bond acceptors (Lipinski definition) is 10. The maximum absolute atomic E-state index is 15.6. The SMILES string of the molecule is OCC1O[C@H](C#Cc2ccc3c(c2)C(F)(F)c2cc(C#C[C@H]4O[C@H](CO)[C@@H](O)[C@H](O)[C@@H]4O)ccc2-3)C(O)[C@@H](O)[C@@H]1O. The van der Waals surface area contributed by atoms with E-state index in [2.05, 4.69) is 23.7 Å². The molecule has 0 spiro atoms. The number of rotatable bonds is 2. The average Bonchev–Trinajstić information content (AvgIpc) is 3.19. The predicted octanol–water partition coefficient (Wildman–Crippen LogP) is -1.81. The summed E-state index contributed by atoms with van der Waals surface area (Å²) in [7, 11) is 0. The molecule has 8 N–H and O–H groups in total. The van der Waals surface area contributed by atoms with Crippen LogP contribution >= 0.6 is 0 Å². The van der Waals surface area contributed by atoms with E-state index in [1.165, 1.54) is 36.4 Å². The first-order chi connectivity index (χ1) is 19.5. The van der Waals surface area contributed by atoms with Crippen LogP contribution in [0.15, 0.2) is 36.4 Å². The third kappa shape index (κ3) is 5.25. The van der Waals surface area contributed by atoms with Crippen molar-refractivity contribution in [2.75, 3.05) is 13.2 Å². The molecule has 2 aromatic carbocycles. The summed E-state index contributed by atoms with van der Waals surface area (Å²) < 4.78 is 41.8. The summed E-state index contributed by atoms with van der Waals surface area (Å²) in [6.07, 6.45) is -14.3. The zero-order valence-corrected chi connectivity index (χ0v) is 21.3. The highest BCUT2D eigenvalue weighted by Crippen LogP contribution is 2.51. The zero-order valence-electron chi connectivity index (χ0n) is 21.3. The number of halogens is 2. The number of hydrogen-bond donors (Lipinski definition) is 8. The Balaban J connectivity index is 1.39. The summed E-state index contributed by atoms with van der Waals surface area (Å²) in [5.41, 5.74) is 0.277. The van der Waals surface area contributed by atoms with Crippen molar-refractivity contribution < 1.29 is 59.1 Å². The van der Waals surface area contributed by atoms with Gasteiger partial charge in [0.25, 0.3) is 5.92 Å². The number of aliphatic hydroxyl groups excluding tert-OH is 8. The highest BCUT2D eigenvalue weighted by Gasteiger charge is 2.46. The second-order valence-corrected chi connectivity index (χ2v) is 10.1. The molecule has 1 aliphatic carbocycles. The van der Waals surface area contributed by atoms with E-state index in [-0.39, 0.29) is 33.4 Å². The van der Waals surface area contributed by atoms with Gasteiger partial charge < -0.3 is 50.3 Å². The first-order valence-corrected chi connectivity index (χ1v) is 12.8. The molecule has 10 nitrogen and oxygen atoms in total. The lowest BCUT2D eigenvalue weighted by atomic mass is 9.95. The van der Waals surface area contributed by atoms with Crippen molar-refractivity contribution >= 4 is 0 Å². The Morgan fingerprint density at radius 3 is 1.37 bits per heavy atom. The molecule has 2 aromatic rings. The van der Waals surface area contributed by atoms with Crippen LogP contribution in [0.25, 0.3) is 11.1 Å². The molecule has 3 aliphatic rings. The van der Waals surface area contributed by atoms with Crippen LogP contribution < -0.4 is 0 Å². The van der Waals surface area contributed by atoms with Crippen molar-refractivity contribution in [2.24, 2.45) is 0 Å². The zero-order chi connectivity index (χ0) is 29.6. The Hall–Kier alpha value is -2.98. The molecule has 0 amide bonds. The van der Waals surface area contributed by atoms with Gasteiger partial charge in [-0.05, 0) is 35.4 Å². The molecule has 0 bridgehead atoms. The molecular weight excluding hydrogens is 546 g/mol. The Kier molecular flexibility index (Phi) is 8.18. The van der Waals surface area contributed by atoms with E-state index in [0.29, 0.717) is 0 Å². The maximum Gasteiger partial charge on any atom is 0.299 e. The normalized spacial score (nSPS) is 35.4. The number of alkyl halides is 2. The molecule has 10 atom stereocenters. The Morgan fingerprint density at radius 2 is 1.00 bits per heavy atom. The minimum Gasteiger partial charge on any atom is -0.394 e. The van der Waals surface area contributed by atoms with Crippen molar-refractivity contribution in [1.82, 2.24) is 0 Å². The molecule has 2 heterocycles. The number of fused-ring (bicyclic) bond motifs is 3. The molecule has 5 rings (SSSR count). The molecule has 0 saturated carbocycles. The summed E-state index contributed by atoms with van der Waals surface area (Å²) in [6, 6.07) is 8.37. The van der Waals surface area contributed by atoms with Gasteiger partial charge in [-0.25, -0.2) is 0 Å². The highest BCUT2D eigenvalue weighted by atomic mass is 19.3. The minimum atomic E-state index is -3.42. The molecule has 2 saturated heterocycles. The summed E-state index contributed by atoms with van der Waals surface area (Å²) in [5, 5.41) is 78.7. The van der Waals surface area contributed by atoms with Crippen LogP contribution in [0.1, 0.15) is 22.3 Å². The van der Waals surface area contributed by atoms with Crippen LogP contribution in [0, 0.1) is 23.7 Å². The summed E-state index contributed by atoms with van der Waals surface area (Å²) in [6.45, 7) is -1.25. The number of aliphatic hydroxyl groups is 8. The summed E-state index contributed by atoms with van der Waals surface area (Å²) >= 11 is 0. The molecule has 0 radical (unpaired) electrons. The fourth-order valence-corrected chi connectivity index (χ4v) is 5.13. The van der Waals surface area contributed by atoms with Gasteiger partial charge in [0.2, 0.25) is 0 Å².